The van der Waals surface area contributed by atoms with E-state index in [0.717, 1.165) is 24.0 Å². The summed E-state index contributed by atoms with van der Waals surface area (Å²) in [5.74, 6) is 0.253. The lowest BCUT2D eigenvalue weighted by molar-refractivity contribution is -0.909. The topological polar surface area (TPSA) is 29.1 Å². The quantitative estimate of drug-likeness (QED) is 0.217. The van der Waals surface area contributed by atoms with Gasteiger partial charge in [0, 0.05) is 6.54 Å². The highest BCUT2D eigenvalue weighted by molar-refractivity contribution is 5.75. The smallest absolute Gasteiger partial charge is 0.225 e. The molecule has 170 valence electrons. The van der Waals surface area contributed by atoms with Crippen LogP contribution in [0.3, 0.4) is 0 Å². The standard InChI is InChI=1S/C24H50N2O.BrH/c1-5-8-11-12-13-14-15-16-17-18-20-25-24(27)19-23-26(4,21-9-6-2)22-10-7-3;/h5-23H2,1-4H3;1H. The third-order valence-electron chi connectivity index (χ3n) is 5.83. The fourth-order valence-corrected chi connectivity index (χ4v) is 3.72. The Balaban J connectivity index is 0. The van der Waals surface area contributed by atoms with Crippen LogP contribution in [0.5, 0.6) is 0 Å². The molecule has 3 nitrogen and oxygen atoms in total. The average molecular weight is 464 g/mol. The van der Waals surface area contributed by atoms with E-state index in [1.54, 1.807) is 0 Å². The summed E-state index contributed by atoms with van der Waals surface area (Å²) in [4.78, 5) is 12.2. The second-order valence-electron chi connectivity index (χ2n) is 8.78. The van der Waals surface area contributed by atoms with E-state index in [-0.39, 0.29) is 22.9 Å². The molecule has 0 radical (unpaired) electrons. The molecule has 0 aliphatic carbocycles. The van der Waals surface area contributed by atoms with Gasteiger partial charge in [0.2, 0.25) is 5.91 Å². The number of rotatable bonds is 20. The van der Waals surface area contributed by atoms with E-state index in [1.165, 1.54) is 96.6 Å². The Morgan fingerprint density at radius 3 is 1.54 bits per heavy atom. The molecule has 0 saturated heterocycles. The first-order valence-electron chi connectivity index (χ1n) is 12.2. The first-order chi connectivity index (χ1) is 13.1. The van der Waals surface area contributed by atoms with Crippen molar-refractivity contribution in [3.63, 3.8) is 0 Å². The van der Waals surface area contributed by atoms with E-state index in [2.05, 4.69) is 33.1 Å². The van der Waals surface area contributed by atoms with Crippen LogP contribution in [0.15, 0.2) is 0 Å². The number of nitrogens with one attached hydrogen (secondary N) is 1. The molecule has 0 aliphatic heterocycles. The number of hydrogen-bond acceptors (Lipinski definition) is 1. The lowest BCUT2D eigenvalue weighted by atomic mass is 10.1. The molecule has 1 N–H and O–H groups in total. The van der Waals surface area contributed by atoms with Crippen LogP contribution in [0.4, 0.5) is 0 Å². The minimum Gasteiger partial charge on any atom is -1.00 e. The highest BCUT2D eigenvalue weighted by atomic mass is 79.9. The van der Waals surface area contributed by atoms with E-state index >= 15 is 0 Å². The molecule has 0 unspecified atom stereocenters. The molecular weight excluding hydrogens is 412 g/mol. The summed E-state index contributed by atoms with van der Waals surface area (Å²) in [7, 11) is 2.33. The molecule has 28 heavy (non-hydrogen) atoms. The Hall–Kier alpha value is -0.0900. The van der Waals surface area contributed by atoms with Crippen molar-refractivity contribution in [2.45, 2.75) is 117 Å². The zero-order valence-corrected chi connectivity index (χ0v) is 21.3. The van der Waals surface area contributed by atoms with Gasteiger partial charge >= 0.3 is 0 Å². The maximum atomic E-state index is 12.2. The molecule has 0 spiro atoms. The van der Waals surface area contributed by atoms with Crippen molar-refractivity contribution in [3.05, 3.63) is 0 Å². The van der Waals surface area contributed by atoms with Gasteiger partial charge in [-0.25, -0.2) is 0 Å². The largest absolute Gasteiger partial charge is 1.00 e. The van der Waals surface area contributed by atoms with Crippen molar-refractivity contribution in [1.82, 2.24) is 5.32 Å². The van der Waals surface area contributed by atoms with E-state index in [0.29, 0.717) is 6.42 Å². The summed E-state index contributed by atoms with van der Waals surface area (Å²) in [6.45, 7) is 11.1. The maximum absolute atomic E-state index is 12.2. The van der Waals surface area contributed by atoms with Crippen LogP contribution in [0, 0.1) is 0 Å². The molecule has 0 bridgehead atoms. The van der Waals surface area contributed by atoms with Crippen molar-refractivity contribution in [2.75, 3.05) is 33.2 Å². The first-order valence-corrected chi connectivity index (χ1v) is 12.2. The summed E-state index contributed by atoms with van der Waals surface area (Å²) < 4.78 is 1.06. The molecule has 0 fully saturated rings. The number of nitrogens with zero attached hydrogens (tertiary/aromatic N) is 1. The minimum atomic E-state index is 0. The minimum absolute atomic E-state index is 0. The Morgan fingerprint density at radius 2 is 1.07 bits per heavy atom. The monoisotopic (exact) mass is 462 g/mol. The molecule has 0 aromatic carbocycles. The zero-order chi connectivity index (χ0) is 20.2. The van der Waals surface area contributed by atoms with Gasteiger partial charge in [-0.05, 0) is 19.3 Å². The molecule has 4 heteroatoms. The van der Waals surface area contributed by atoms with E-state index < -0.39 is 0 Å². The zero-order valence-electron chi connectivity index (χ0n) is 19.7. The van der Waals surface area contributed by atoms with Crippen LogP contribution in [0.2, 0.25) is 0 Å². The van der Waals surface area contributed by atoms with Crippen molar-refractivity contribution in [1.29, 1.82) is 0 Å². The number of quaternary nitrogens is 1. The first kappa shape index (κ1) is 30.1. The third-order valence-corrected chi connectivity index (χ3v) is 5.83. The molecule has 0 aliphatic rings. The SMILES string of the molecule is CCCCCCCCCCCCNC(=O)CC[N+](C)(CCCC)CCCC.[Br-]. The molecule has 1 amide bonds. The number of halogens is 1. The van der Waals surface area contributed by atoms with Gasteiger partial charge in [0.25, 0.3) is 0 Å². The highest BCUT2D eigenvalue weighted by Gasteiger charge is 2.21. The number of hydrogen-bond donors (Lipinski definition) is 1. The Morgan fingerprint density at radius 1 is 0.643 bits per heavy atom. The average Bonchev–Trinajstić information content (AvgIpc) is 2.67. The van der Waals surface area contributed by atoms with Gasteiger partial charge in [0.15, 0.2) is 0 Å². The summed E-state index contributed by atoms with van der Waals surface area (Å²) in [5, 5.41) is 3.14. The Labute approximate surface area is 187 Å². The number of unbranched alkanes of at least 4 members (excludes halogenated alkanes) is 11. The van der Waals surface area contributed by atoms with Crippen molar-refractivity contribution < 1.29 is 26.3 Å². The molecule has 0 saturated carbocycles. The van der Waals surface area contributed by atoms with Crippen LogP contribution < -0.4 is 22.3 Å². The van der Waals surface area contributed by atoms with Gasteiger partial charge in [-0.3, -0.25) is 4.79 Å². The molecule has 0 heterocycles. The summed E-state index contributed by atoms with van der Waals surface area (Å²) in [5.41, 5.74) is 0. The second kappa shape index (κ2) is 21.6. The highest BCUT2D eigenvalue weighted by Crippen LogP contribution is 2.11. The lowest BCUT2D eigenvalue weighted by Crippen LogP contribution is -3.00. The van der Waals surface area contributed by atoms with Crippen LogP contribution in [0.25, 0.3) is 0 Å². The van der Waals surface area contributed by atoms with Crippen LogP contribution in [-0.4, -0.2) is 43.6 Å². The summed E-state index contributed by atoms with van der Waals surface area (Å²) in [6, 6.07) is 0. The van der Waals surface area contributed by atoms with Crippen molar-refractivity contribution in [2.24, 2.45) is 0 Å². The molecular formula is C24H51BrN2O. The van der Waals surface area contributed by atoms with E-state index in [1.807, 2.05) is 0 Å². The van der Waals surface area contributed by atoms with E-state index in [9.17, 15) is 4.79 Å². The number of amides is 1. The van der Waals surface area contributed by atoms with Crippen molar-refractivity contribution in [3.8, 4) is 0 Å². The van der Waals surface area contributed by atoms with Gasteiger partial charge in [0.05, 0.1) is 33.1 Å². The van der Waals surface area contributed by atoms with Crippen LogP contribution in [-0.2, 0) is 4.79 Å². The molecule has 0 aromatic rings. The predicted octanol–water partition coefficient (Wildman–Crippen LogP) is 3.46. The Bertz CT molecular complexity index is 329. The predicted molar refractivity (Wildman–Crippen MR) is 120 cm³/mol. The third kappa shape index (κ3) is 19.2. The number of carbonyl (C=O) groups is 1. The van der Waals surface area contributed by atoms with Gasteiger partial charge in [-0.15, -0.1) is 0 Å². The molecule has 0 aromatic heterocycles. The normalized spacial score (nSPS) is 11.3. The molecule has 0 atom stereocenters. The van der Waals surface area contributed by atoms with Crippen LogP contribution >= 0.6 is 0 Å². The van der Waals surface area contributed by atoms with Crippen LogP contribution in [0.1, 0.15) is 117 Å². The fourth-order valence-electron chi connectivity index (χ4n) is 3.72. The fraction of sp³-hybridized carbons (Fsp3) is 0.958. The summed E-state index contributed by atoms with van der Waals surface area (Å²) in [6.07, 6.45) is 19.1. The van der Waals surface area contributed by atoms with Gasteiger partial charge in [-0.1, -0.05) is 91.4 Å². The van der Waals surface area contributed by atoms with E-state index in [4.69, 9.17) is 0 Å². The lowest BCUT2D eigenvalue weighted by Gasteiger charge is -2.34. The van der Waals surface area contributed by atoms with Gasteiger partial charge in [-0.2, -0.15) is 0 Å². The second-order valence-corrected chi connectivity index (χ2v) is 8.78. The summed E-state index contributed by atoms with van der Waals surface area (Å²) >= 11 is 0. The number of carbonyl (C=O) groups excluding carboxylic acids is 1. The Kier molecular flexibility index (Phi) is 23.2. The van der Waals surface area contributed by atoms with Gasteiger partial charge < -0.3 is 26.8 Å². The maximum Gasteiger partial charge on any atom is 0.225 e. The molecule has 0 rings (SSSR count). The van der Waals surface area contributed by atoms with Crippen molar-refractivity contribution >= 4 is 5.91 Å². The van der Waals surface area contributed by atoms with Gasteiger partial charge in [0.1, 0.15) is 0 Å².